The van der Waals surface area contributed by atoms with Crippen LogP contribution in [0.1, 0.15) is 37.9 Å². The number of aldehydes is 1. The number of hydrogen-bond donors (Lipinski definition) is 1. The molecule has 0 spiro atoms. The first kappa shape index (κ1) is 19.0. The first-order valence-corrected chi connectivity index (χ1v) is 8.75. The molecule has 0 saturated heterocycles. The smallest absolute Gasteiger partial charge is 0.339 e. The van der Waals surface area contributed by atoms with Gasteiger partial charge in [0, 0.05) is 16.8 Å². The molecule has 0 aromatic heterocycles. The third-order valence-corrected chi connectivity index (χ3v) is 4.17. The highest BCUT2D eigenvalue weighted by Crippen LogP contribution is 2.22. The number of ether oxygens (including phenoxy) is 1. The Morgan fingerprint density at radius 2 is 1.54 bits per heavy atom. The van der Waals surface area contributed by atoms with Gasteiger partial charge >= 0.3 is 5.97 Å². The van der Waals surface area contributed by atoms with Gasteiger partial charge in [0.15, 0.2) is 0 Å². The average Bonchev–Trinajstić information content (AvgIpc) is 2.74. The van der Waals surface area contributed by atoms with Crippen molar-refractivity contribution in [1.29, 1.82) is 0 Å². The highest BCUT2D eigenvalue weighted by atomic mass is 16.5. The summed E-state index contributed by atoms with van der Waals surface area (Å²) in [5.74, 6) is -1.10. The van der Waals surface area contributed by atoms with Crippen molar-refractivity contribution in [3.8, 4) is 0 Å². The summed E-state index contributed by atoms with van der Waals surface area (Å²) in [5.41, 5.74) is 2.96. The lowest BCUT2D eigenvalue weighted by Crippen LogP contribution is -2.26. The van der Waals surface area contributed by atoms with Crippen LogP contribution >= 0.6 is 0 Å². The predicted octanol–water partition coefficient (Wildman–Crippen LogP) is 4.34. The lowest BCUT2D eigenvalue weighted by molar-refractivity contribution is -0.125. The van der Waals surface area contributed by atoms with Gasteiger partial charge in [0.25, 0.3) is 5.91 Å². The second kappa shape index (κ2) is 8.77. The number of carbonyl (C=O) groups excluding carboxylic acids is 3. The molecule has 0 saturated carbocycles. The van der Waals surface area contributed by atoms with E-state index in [2.05, 4.69) is 5.32 Å². The molecule has 3 aromatic rings. The van der Waals surface area contributed by atoms with E-state index in [-0.39, 0.29) is 5.56 Å². The molecule has 5 heteroatoms. The summed E-state index contributed by atoms with van der Waals surface area (Å²) in [5, 5.41) is 2.78. The number of amides is 1. The number of anilines is 1. The zero-order valence-corrected chi connectivity index (χ0v) is 15.3. The zero-order valence-electron chi connectivity index (χ0n) is 15.3. The molecule has 0 aliphatic carbocycles. The normalized spacial score (nSPS) is 11.3. The summed E-state index contributed by atoms with van der Waals surface area (Å²) in [6.45, 7) is 1.95. The third-order valence-electron chi connectivity index (χ3n) is 4.17. The molecule has 3 aromatic carbocycles. The number of carbonyl (C=O) groups is 3. The maximum Gasteiger partial charge on any atom is 0.339 e. The molecular formula is C23H19NO4. The van der Waals surface area contributed by atoms with E-state index >= 15 is 0 Å². The van der Waals surface area contributed by atoms with Gasteiger partial charge in [-0.3, -0.25) is 9.59 Å². The van der Waals surface area contributed by atoms with Crippen molar-refractivity contribution in [1.82, 2.24) is 0 Å². The van der Waals surface area contributed by atoms with Crippen LogP contribution in [0.25, 0.3) is 0 Å². The van der Waals surface area contributed by atoms with Crippen LogP contribution in [-0.2, 0) is 9.53 Å². The van der Waals surface area contributed by atoms with Crippen molar-refractivity contribution in [2.75, 3.05) is 5.32 Å². The quantitative estimate of drug-likeness (QED) is 0.515. The lowest BCUT2D eigenvalue weighted by Gasteiger charge is -2.18. The summed E-state index contributed by atoms with van der Waals surface area (Å²) in [7, 11) is 0. The Morgan fingerprint density at radius 3 is 2.14 bits per heavy atom. The Hall–Kier alpha value is -3.73. The van der Waals surface area contributed by atoms with E-state index in [4.69, 9.17) is 4.74 Å². The van der Waals surface area contributed by atoms with Crippen LogP contribution < -0.4 is 5.32 Å². The average molecular weight is 373 g/mol. The van der Waals surface area contributed by atoms with Gasteiger partial charge in [-0.25, -0.2) is 4.79 Å². The van der Waals surface area contributed by atoms with Crippen molar-refractivity contribution in [3.63, 3.8) is 0 Å². The largest absolute Gasteiger partial charge is 0.444 e. The number of aryl methyl sites for hydroxylation is 1. The molecule has 140 valence electrons. The van der Waals surface area contributed by atoms with E-state index in [1.54, 1.807) is 36.4 Å². The van der Waals surface area contributed by atoms with Gasteiger partial charge in [-0.05, 0) is 31.2 Å². The fourth-order valence-corrected chi connectivity index (χ4v) is 2.62. The summed E-state index contributed by atoms with van der Waals surface area (Å²) < 4.78 is 5.51. The van der Waals surface area contributed by atoms with Crippen LogP contribution in [0.3, 0.4) is 0 Å². The van der Waals surface area contributed by atoms with E-state index in [1.807, 2.05) is 25.1 Å². The maximum absolute atomic E-state index is 12.8. The zero-order chi connectivity index (χ0) is 19.9. The monoisotopic (exact) mass is 373 g/mol. The number of nitrogens with one attached hydrogen (secondary N) is 1. The Morgan fingerprint density at radius 1 is 0.893 bits per heavy atom. The van der Waals surface area contributed by atoms with Gasteiger partial charge < -0.3 is 10.1 Å². The first-order valence-electron chi connectivity index (χ1n) is 8.75. The molecule has 3 rings (SSSR count). The topological polar surface area (TPSA) is 72.5 Å². The van der Waals surface area contributed by atoms with Crippen LogP contribution in [0.2, 0.25) is 0 Å². The molecule has 0 aliphatic heterocycles. The summed E-state index contributed by atoms with van der Waals surface area (Å²) in [4.78, 5) is 36.1. The Bertz CT molecular complexity index is 964. The summed E-state index contributed by atoms with van der Waals surface area (Å²) in [6.07, 6.45) is -0.419. The van der Waals surface area contributed by atoms with Crippen molar-refractivity contribution >= 4 is 23.9 Å². The van der Waals surface area contributed by atoms with Crippen LogP contribution in [0.4, 0.5) is 5.69 Å². The highest BCUT2D eigenvalue weighted by molar-refractivity contribution is 5.98. The van der Waals surface area contributed by atoms with E-state index in [0.717, 1.165) is 5.56 Å². The SMILES string of the molecule is Cc1ccc(NC(=O)[C@H](OC(=O)c2ccc(C=O)cc2)c2ccccc2)cc1. The predicted molar refractivity (Wildman–Crippen MR) is 106 cm³/mol. The van der Waals surface area contributed by atoms with Crippen LogP contribution in [-0.4, -0.2) is 18.2 Å². The Balaban J connectivity index is 1.82. The minimum Gasteiger partial charge on any atom is -0.444 e. The molecule has 5 nitrogen and oxygen atoms in total. The molecule has 0 aliphatic rings. The van der Waals surface area contributed by atoms with Crippen molar-refractivity contribution < 1.29 is 19.1 Å². The van der Waals surface area contributed by atoms with Gasteiger partial charge in [0.2, 0.25) is 6.10 Å². The molecular weight excluding hydrogens is 354 g/mol. The fourth-order valence-electron chi connectivity index (χ4n) is 2.62. The van der Waals surface area contributed by atoms with Crippen molar-refractivity contribution in [2.24, 2.45) is 0 Å². The van der Waals surface area contributed by atoms with Gasteiger partial charge in [-0.1, -0.05) is 60.2 Å². The molecule has 1 atom stereocenters. The van der Waals surface area contributed by atoms with Gasteiger partial charge in [0.1, 0.15) is 6.29 Å². The molecule has 0 bridgehead atoms. The van der Waals surface area contributed by atoms with E-state index < -0.39 is 18.0 Å². The Kier molecular flexibility index (Phi) is 5.97. The lowest BCUT2D eigenvalue weighted by atomic mass is 10.1. The number of rotatable bonds is 6. The summed E-state index contributed by atoms with van der Waals surface area (Å²) >= 11 is 0. The van der Waals surface area contributed by atoms with Crippen molar-refractivity contribution in [2.45, 2.75) is 13.0 Å². The van der Waals surface area contributed by atoms with E-state index in [9.17, 15) is 14.4 Å². The second-order valence-corrected chi connectivity index (χ2v) is 6.29. The van der Waals surface area contributed by atoms with E-state index in [1.165, 1.54) is 24.3 Å². The molecule has 0 radical (unpaired) electrons. The van der Waals surface area contributed by atoms with Crippen LogP contribution in [0.15, 0.2) is 78.9 Å². The molecule has 0 unspecified atom stereocenters. The molecule has 28 heavy (non-hydrogen) atoms. The van der Waals surface area contributed by atoms with Crippen LogP contribution in [0, 0.1) is 6.92 Å². The molecule has 0 heterocycles. The number of esters is 1. The minimum absolute atomic E-state index is 0.259. The Labute approximate surface area is 163 Å². The number of benzene rings is 3. The summed E-state index contributed by atoms with van der Waals surface area (Å²) in [6, 6.07) is 22.2. The minimum atomic E-state index is -1.11. The van der Waals surface area contributed by atoms with Gasteiger partial charge in [-0.15, -0.1) is 0 Å². The molecule has 1 N–H and O–H groups in total. The second-order valence-electron chi connectivity index (χ2n) is 6.29. The third kappa shape index (κ3) is 4.71. The first-order chi connectivity index (χ1) is 13.6. The number of hydrogen-bond acceptors (Lipinski definition) is 4. The highest BCUT2D eigenvalue weighted by Gasteiger charge is 2.25. The standard InChI is InChI=1S/C23H19NO4/c1-16-7-13-20(14-8-16)24-22(26)21(18-5-3-2-4-6-18)28-23(27)19-11-9-17(15-25)10-12-19/h2-15,21H,1H3,(H,24,26)/t21-/m1/s1. The van der Waals surface area contributed by atoms with Gasteiger partial charge in [-0.2, -0.15) is 0 Å². The fraction of sp³-hybridized carbons (Fsp3) is 0.0870. The van der Waals surface area contributed by atoms with E-state index in [0.29, 0.717) is 23.1 Å². The molecule has 0 fully saturated rings. The van der Waals surface area contributed by atoms with Gasteiger partial charge in [0.05, 0.1) is 5.56 Å². The van der Waals surface area contributed by atoms with Crippen LogP contribution in [0.5, 0.6) is 0 Å². The van der Waals surface area contributed by atoms with Crippen molar-refractivity contribution in [3.05, 3.63) is 101 Å². The maximum atomic E-state index is 12.8. The molecule has 1 amide bonds.